The minimum atomic E-state index is -0.857. The predicted octanol–water partition coefficient (Wildman–Crippen LogP) is 3.81. The van der Waals surface area contributed by atoms with E-state index in [-0.39, 0.29) is 17.9 Å². The van der Waals surface area contributed by atoms with E-state index in [1.807, 2.05) is 17.7 Å². The van der Waals surface area contributed by atoms with E-state index in [0.29, 0.717) is 47.9 Å². The van der Waals surface area contributed by atoms with Gasteiger partial charge in [0, 0.05) is 36.6 Å². The number of rotatable bonds is 10. The summed E-state index contributed by atoms with van der Waals surface area (Å²) in [5.74, 6) is -0.0407. The summed E-state index contributed by atoms with van der Waals surface area (Å²) in [5.41, 5.74) is 0.950. The van der Waals surface area contributed by atoms with Gasteiger partial charge in [0.25, 0.3) is 11.7 Å². The minimum absolute atomic E-state index is 0.00153. The quantitative estimate of drug-likeness (QED) is 0.261. The number of aliphatic hydroxyl groups is 1. The number of nitrogens with zero attached hydrogens (tertiary/aromatic N) is 3. The fourth-order valence-electron chi connectivity index (χ4n) is 4.36. The summed E-state index contributed by atoms with van der Waals surface area (Å²) in [7, 11) is 3.05. The molecule has 36 heavy (non-hydrogen) atoms. The van der Waals surface area contributed by atoms with Gasteiger partial charge in [0.2, 0.25) is 0 Å². The molecule has 4 rings (SSSR count). The van der Waals surface area contributed by atoms with E-state index in [0.717, 1.165) is 0 Å². The van der Waals surface area contributed by atoms with Crippen LogP contribution in [-0.2, 0) is 16.1 Å². The van der Waals surface area contributed by atoms with Crippen molar-refractivity contribution in [1.29, 1.82) is 0 Å². The highest BCUT2D eigenvalue weighted by atomic mass is 16.5. The predicted molar refractivity (Wildman–Crippen MR) is 133 cm³/mol. The molecule has 1 saturated heterocycles. The Morgan fingerprint density at radius 3 is 2.42 bits per heavy atom. The molecule has 9 nitrogen and oxygen atoms in total. The molecule has 1 aliphatic rings. The molecular weight excluding hydrogens is 462 g/mol. The number of amides is 1. The number of methoxy groups -OCH3 is 2. The number of aliphatic hydroxyl groups excluding tert-OH is 1. The van der Waals surface area contributed by atoms with Gasteiger partial charge in [-0.25, -0.2) is 4.98 Å². The van der Waals surface area contributed by atoms with Crippen LogP contribution in [0.25, 0.3) is 5.76 Å². The standard InChI is InChI=1S/C27H29N3O6/c1-4-36-19-8-6-18(7-9-19)25(31)23-24(21-16-20(34-2)10-11-22(21)35-3)30(27(33)26(23)32)14-5-13-29-15-12-28-17-29/h6-12,15-17,24,31H,4-5,13-14H2,1-3H3/t24-/m0/s1. The van der Waals surface area contributed by atoms with Crippen LogP contribution in [0.2, 0.25) is 0 Å². The number of Topliss-reactive ketones (excluding diaryl/α,β-unsaturated/α-hetero) is 1. The Labute approximate surface area is 209 Å². The number of aromatic nitrogens is 2. The van der Waals surface area contributed by atoms with E-state index in [1.54, 1.807) is 55.0 Å². The number of hydrogen-bond acceptors (Lipinski definition) is 7. The topological polar surface area (TPSA) is 103 Å². The molecule has 0 unspecified atom stereocenters. The molecule has 1 N–H and O–H groups in total. The van der Waals surface area contributed by atoms with Gasteiger partial charge < -0.3 is 28.8 Å². The van der Waals surface area contributed by atoms with E-state index in [1.165, 1.54) is 19.1 Å². The monoisotopic (exact) mass is 491 g/mol. The van der Waals surface area contributed by atoms with Crippen molar-refractivity contribution in [3.8, 4) is 17.2 Å². The second-order valence-electron chi connectivity index (χ2n) is 8.21. The molecule has 9 heteroatoms. The van der Waals surface area contributed by atoms with Crippen LogP contribution < -0.4 is 14.2 Å². The first-order valence-electron chi connectivity index (χ1n) is 11.7. The van der Waals surface area contributed by atoms with E-state index >= 15 is 0 Å². The van der Waals surface area contributed by atoms with Crippen molar-refractivity contribution in [2.24, 2.45) is 0 Å². The van der Waals surface area contributed by atoms with E-state index < -0.39 is 17.7 Å². The zero-order valence-electron chi connectivity index (χ0n) is 20.5. The molecule has 2 heterocycles. The number of carbonyl (C=O) groups excluding carboxylic acids is 2. The van der Waals surface area contributed by atoms with Gasteiger partial charge in [-0.1, -0.05) is 0 Å². The number of ether oxygens (including phenoxy) is 3. The summed E-state index contributed by atoms with van der Waals surface area (Å²) in [4.78, 5) is 32.1. The lowest BCUT2D eigenvalue weighted by Crippen LogP contribution is -2.31. The SMILES string of the molecule is CCOc1ccc(C(O)=C2C(=O)C(=O)N(CCCn3ccnc3)[C@H]2c2cc(OC)ccc2OC)cc1. The Kier molecular flexibility index (Phi) is 7.58. The third-order valence-electron chi connectivity index (χ3n) is 6.08. The molecule has 0 aliphatic carbocycles. The maximum atomic E-state index is 13.3. The first kappa shape index (κ1) is 24.8. The molecule has 0 saturated carbocycles. The first-order valence-corrected chi connectivity index (χ1v) is 11.7. The normalized spacial score (nSPS) is 16.9. The number of aryl methyl sites for hydroxylation is 1. The van der Waals surface area contributed by atoms with Gasteiger partial charge in [-0.3, -0.25) is 9.59 Å². The largest absolute Gasteiger partial charge is 0.507 e. The third-order valence-corrected chi connectivity index (χ3v) is 6.08. The number of likely N-dealkylation sites (tertiary alicyclic amines) is 1. The van der Waals surface area contributed by atoms with Crippen molar-refractivity contribution in [1.82, 2.24) is 14.5 Å². The van der Waals surface area contributed by atoms with Crippen LogP contribution in [0, 0.1) is 0 Å². The van der Waals surface area contributed by atoms with E-state index in [2.05, 4.69) is 4.98 Å². The molecule has 188 valence electrons. The lowest BCUT2D eigenvalue weighted by atomic mass is 9.94. The van der Waals surface area contributed by atoms with E-state index in [9.17, 15) is 14.7 Å². The van der Waals surface area contributed by atoms with Crippen LogP contribution in [0.1, 0.15) is 30.5 Å². The zero-order chi connectivity index (χ0) is 25.7. The second-order valence-corrected chi connectivity index (χ2v) is 8.21. The Hall–Kier alpha value is -4.27. The summed E-state index contributed by atoms with van der Waals surface area (Å²) in [6.07, 6.45) is 5.80. The Bertz CT molecular complexity index is 1250. The van der Waals surface area contributed by atoms with Crippen LogP contribution >= 0.6 is 0 Å². The molecule has 1 aromatic heterocycles. The third kappa shape index (κ3) is 4.91. The molecule has 1 atom stereocenters. The number of imidazole rings is 1. The van der Waals surface area contributed by atoms with Gasteiger partial charge in [0.05, 0.1) is 38.8 Å². The van der Waals surface area contributed by atoms with E-state index in [4.69, 9.17) is 14.2 Å². The summed E-state index contributed by atoms with van der Waals surface area (Å²) in [6, 6.07) is 11.1. The lowest BCUT2D eigenvalue weighted by molar-refractivity contribution is -0.140. The van der Waals surface area contributed by atoms with Crippen molar-refractivity contribution in [2.45, 2.75) is 25.9 Å². The summed E-state index contributed by atoms with van der Waals surface area (Å²) < 4.78 is 18.4. The minimum Gasteiger partial charge on any atom is -0.507 e. The van der Waals surface area contributed by atoms with Gasteiger partial charge in [-0.15, -0.1) is 0 Å². The molecular formula is C27H29N3O6. The van der Waals surface area contributed by atoms with Crippen LogP contribution in [0.4, 0.5) is 0 Å². The summed E-state index contributed by atoms with van der Waals surface area (Å²) in [5, 5.41) is 11.3. The molecule has 2 aromatic carbocycles. The van der Waals surface area contributed by atoms with Gasteiger partial charge in [-0.2, -0.15) is 0 Å². The molecule has 1 aliphatic heterocycles. The van der Waals surface area contributed by atoms with Crippen molar-refractivity contribution < 1.29 is 28.9 Å². The molecule has 0 spiro atoms. The molecule has 3 aromatic rings. The maximum absolute atomic E-state index is 13.3. The van der Waals surface area contributed by atoms with Gasteiger partial charge in [-0.05, 0) is 55.8 Å². The van der Waals surface area contributed by atoms with Crippen molar-refractivity contribution in [3.05, 3.63) is 77.9 Å². The highest BCUT2D eigenvalue weighted by molar-refractivity contribution is 6.46. The fourth-order valence-corrected chi connectivity index (χ4v) is 4.36. The van der Waals surface area contributed by atoms with Crippen LogP contribution in [0.3, 0.4) is 0 Å². The Morgan fingerprint density at radius 1 is 1.03 bits per heavy atom. The number of ketones is 1. The van der Waals surface area contributed by atoms with Crippen LogP contribution in [0.15, 0.2) is 66.8 Å². The Balaban J connectivity index is 1.79. The van der Waals surface area contributed by atoms with Gasteiger partial charge in [0.15, 0.2) is 0 Å². The summed E-state index contributed by atoms with van der Waals surface area (Å²) in [6.45, 7) is 3.28. The molecule has 1 fully saturated rings. The lowest BCUT2D eigenvalue weighted by Gasteiger charge is -2.27. The van der Waals surface area contributed by atoms with Gasteiger partial charge >= 0.3 is 0 Å². The second kappa shape index (κ2) is 11.0. The fraction of sp³-hybridized carbons (Fsp3) is 0.296. The molecule has 0 bridgehead atoms. The van der Waals surface area contributed by atoms with Gasteiger partial charge in [0.1, 0.15) is 23.0 Å². The highest BCUT2D eigenvalue weighted by Gasteiger charge is 2.47. The highest BCUT2D eigenvalue weighted by Crippen LogP contribution is 2.44. The summed E-state index contributed by atoms with van der Waals surface area (Å²) >= 11 is 0. The van der Waals surface area contributed by atoms with Crippen molar-refractivity contribution in [3.63, 3.8) is 0 Å². The Morgan fingerprint density at radius 2 is 1.78 bits per heavy atom. The van der Waals surface area contributed by atoms with Crippen LogP contribution in [-0.4, -0.2) is 58.6 Å². The number of benzene rings is 2. The average molecular weight is 492 g/mol. The number of hydrogen-bond donors (Lipinski definition) is 1. The first-order chi connectivity index (χ1) is 17.5. The number of carbonyl (C=O) groups is 2. The smallest absolute Gasteiger partial charge is 0.295 e. The average Bonchev–Trinajstić information content (AvgIpc) is 3.51. The van der Waals surface area contributed by atoms with Crippen molar-refractivity contribution in [2.75, 3.05) is 27.4 Å². The van der Waals surface area contributed by atoms with Crippen molar-refractivity contribution >= 4 is 17.4 Å². The van der Waals surface area contributed by atoms with Crippen LogP contribution in [0.5, 0.6) is 17.2 Å². The maximum Gasteiger partial charge on any atom is 0.295 e. The molecule has 0 radical (unpaired) electrons. The zero-order valence-corrected chi connectivity index (χ0v) is 20.5. The molecule has 1 amide bonds.